The zero-order valence-electron chi connectivity index (χ0n) is 10.7. The molecule has 0 aromatic carbocycles. The molecule has 0 spiro atoms. The molecular formula is C10H17N5O3S. The van der Waals surface area contributed by atoms with Gasteiger partial charge in [-0.25, -0.2) is 4.98 Å². The van der Waals surface area contributed by atoms with Gasteiger partial charge in [0.25, 0.3) is 5.91 Å². The molecule has 1 aromatic rings. The summed E-state index contributed by atoms with van der Waals surface area (Å²) in [6, 6.07) is -0.765. The Bertz CT molecular complexity index is 462. The lowest BCUT2D eigenvalue weighted by molar-refractivity contribution is -0.119. The average molecular weight is 287 g/mol. The number of nitrogens with one attached hydrogen (secondary N) is 2. The van der Waals surface area contributed by atoms with Gasteiger partial charge in [0, 0.05) is 13.7 Å². The lowest BCUT2D eigenvalue weighted by Crippen LogP contribution is -2.42. The van der Waals surface area contributed by atoms with Gasteiger partial charge < -0.3 is 26.8 Å². The third-order valence-electron chi connectivity index (χ3n) is 2.22. The van der Waals surface area contributed by atoms with Gasteiger partial charge in [-0.05, 0) is 6.92 Å². The number of primary amides is 1. The van der Waals surface area contributed by atoms with Gasteiger partial charge in [0.15, 0.2) is 5.13 Å². The molecule has 0 aliphatic carbocycles. The first-order chi connectivity index (χ1) is 8.95. The number of anilines is 2. The highest BCUT2D eigenvalue weighted by Gasteiger charge is 2.19. The molecule has 1 atom stereocenters. The van der Waals surface area contributed by atoms with E-state index in [1.54, 1.807) is 7.11 Å². The summed E-state index contributed by atoms with van der Waals surface area (Å²) in [5.74, 6) is -0.977. The first-order valence-electron chi connectivity index (χ1n) is 5.55. The minimum Gasteiger partial charge on any atom is -0.383 e. The van der Waals surface area contributed by atoms with Crippen LogP contribution in [0.15, 0.2) is 0 Å². The number of hydrogen-bond donors (Lipinski definition) is 4. The molecule has 0 saturated carbocycles. The molecule has 9 heteroatoms. The number of carbonyl (C=O) groups is 2. The zero-order chi connectivity index (χ0) is 14.4. The van der Waals surface area contributed by atoms with Crippen LogP contribution < -0.4 is 22.1 Å². The summed E-state index contributed by atoms with van der Waals surface area (Å²) in [7, 11) is 1.59. The minimum absolute atomic E-state index is 0.110. The van der Waals surface area contributed by atoms with E-state index >= 15 is 0 Å². The van der Waals surface area contributed by atoms with E-state index < -0.39 is 17.9 Å². The summed E-state index contributed by atoms with van der Waals surface area (Å²) in [6.45, 7) is 2.57. The smallest absolute Gasteiger partial charge is 0.265 e. The van der Waals surface area contributed by atoms with Crippen LogP contribution in [-0.4, -0.2) is 43.1 Å². The predicted octanol–water partition coefficient (Wildman–Crippen LogP) is -0.613. The van der Waals surface area contributed by atoms with Gasteiger partial charge in [0.05, 0.1) is 6.61 Å². The van der Waals surface area contributed by atoms with E-state index in [2.05, 4.69) is 15.6 Å². The number of aromatic nitrogens is 1. The first-order valence-corrected chi connectivity index (χ1v) is 6.36. The second-order valence-corrected chi connectivity index (χ2v) is 4.75. The summed E-state index contributed by atoms with van der Waals surface area (Å²) < 4.78 is 4.88. The maximum Gasteiger partial charge on any atom is 0.265 e. The van der Waals surface area contributed by atoms with E-state index in [9.17, 15) is 9.59 Å². The van der Waals surface area contributed by atoms with Gasteiger partial charge in [-0.3, -0.25) is 9.59 Å². The Kier molecular flexibility index (Phi) is 5.52. The zero-order valence-corrected chi connectivity index (χ0v) is 11.5. The van der Waals surface area contributed by atoms with Crippen LogP contribution in [0.25, 0.3) is 0 Å². The monoisotopic (exact) mass is 287 g/mol. The van der Waals surface area contributed by atoms with Gasteiger partial charge in [-0.15, -0.1) is 0 Å². The van der Waals surface area contributed by atoms with Crippen molar-refractivity contribution in [3.63, 3.8) is 0 Å². The quantitative estimate of drug-likeness (QED) is 0.494. The van der Waals surface area contributed by atoms with Crippen LogP contribution in [0, 0.1) is 0 Å². The van der Waals surface area contributed by atoms with E-state index in [0.29, 0.717) is 18.3 Å². The van der Waals surface area contributed by atoms with Crippen molar-refractivity contribution in [2.24, 2.45) is 5.73 Å². The van der Waals surface area contributed by atoms with Crippen molar-refractivity contribution in [3.05, 3.63) is 4.88 Å². The van der Waals surface area contributed by atoms with Crippen molar-refractivity contribution in [2.45, 2.75) is 13.0 Å². The number of amides is 2. The van der Waals surface area contributed by atoms with E-state index in [4.69, 9.17) is 16.2 Å². The maximum absolute atomic E-state index is 11.8. The molecule has 0 fully saturated rings. The van der Waals surface area contributed by atoms with Crippen LogP contribution in [-0.2, 0) is 9.53 Å². The van der Waals surface area contributed by atoms with Gasteiger partial charge in [-0.1, -0.05) is 11.3 Å². The van der Waals surface area contributed by atoms with Crippen molar-refractivity contribution in [3.8, 4) is 0 Å². The number of thiazole rings is 1. The summed E-state index contributed by atoms with van der Waals surface area (Å²) in [5.41, 5.74) is 10.7. The summed E-state index contributed by atoms with van der Waals surface area (Å²) >= 11 is 1.10. The molecule has 0 bridgehead atoms. The Morgan fingerprint density at radius 1 is 1.53 bits per heavy atom. The van der Waals surface area contributed by atoms with Gasteiger partial charge in [0.1, 0.15) is 16.7 Å². The first kappa shape index (κ1) is 15.2. The molecule has 0 aliphatic heterocycles. The summed E-state index contributed by atoms with van der Waals surface area (Å²) in [5, 5.41) is 5.93. The van der Waals surface area contributed by atoms with Crippen LogP contribution in [0.2, 0.25) is 0 Å². The number of nitrogens with zero attached hydrogens (tertiary/aromatic N) is 1. The molecule has 0 aliphatic rings. The average Bonchev–Trinajstić information content (AvgIpc) is 2.70. The highest BCUT2D eigenvalue weighted by atomic mass is 32.1. The van der Waals surface area contributed by atoms with Crippen LogP contribution in [0.5, 0.6) is 0 Å². The number of hydrogen-bond acceptors (Lipinski definition) is 7. The summed E-state index contributed by atoms with van der Waals surface area (Å²) in [4.78, 5) is 27.0. The number of carbonyl (C=O) groups excluding carboxylic acids is 2. The standard InChI is InChI=1S/C10H17N5O3S/c1-5(8(12)16)14-9(17)6-7(11)15-10(19-6)13-3-4-18-2/h5H,3-4,11H2,1-2H3,(H2,12,16)(H,13,15)(H,14,17). The number of nitrogen functional groups attached to an aromatic ring is 1. The highest BCUT2D eigenvalue weighted by Crippen LogP contribution is 2.24. The van der Waals surface area contributed by atoms with E-state index in [1.165, 1.54) is 6.92 Å². The minimum atomic E-state index is -0.765. The number of nitrogens with two attached hydrogens (primary N) is 2. The predicted molar refractivity (Wildman–Crippen MR) is 73.0 cm³/mol. The molecule has 0 saturated heterocycles. The molecule has 19 heavy (non-hydrogen) atoms. The van der Waals surface area contributed by atoms with Crippen molar-refractivity contribution >= 4 is 34.1 Å². The Labute approximate surface area is 114 Å². The van der Waals surface area contributed by atoms with E-state index in [0.717, 1.165) is 11.3 Å². The molecule has 2 amide bonds. The molecule has 6 N–H and O–H groups in total. The molecule has 1 aromatic heterocycles. The lowest BCUT2D eigenvalue weighted by Gasteiger charge is -2.08. The molecule has 8 nitrogen and oxygen atoms in total. The van der Waals surface area contributed by atoms with E-state index in [-0.39, 0.29) is 10.7 Å². The van der Waals surface area contributed by atoms with Crippen LogP contribution in [0.4, 0.5) is 10.9 Å². The molecular weight excluding hydrogens is 270 g/mol. The number of rotatable bonds is 7. The largest absolute Gasteiger partial charge is 0.383 e. The topological polar surface area (TPSA) is 132 Å². The normalized spacial score (nSPS) is 11.9. The third kappa shape index (κ3) is 4.38. The van der Waals surface area contributed by atoms with Crippen molar-refractivity contribution in [2.75, 3.05) is 31.3 Å². The van der Waals surface area contributed by atoms with Gasteiger partial charge >= 0.3 is 0 Å². The second-order valence-electron chi connectivity index (χ2n) is 3.75. The molecule has 106 valence electrons. The van der Waals surface area contributed by atoms with Crippen molar-refractivity contribution in [1.29, 1.82) is 0 Å². The number of methoxy groups -OCH3 is 1. The van der Waals surface area contributed by atoms with E-state index in [1.807, 2.05) is 0 Å². The highest BCUT2D eigenvalue weighted by molar-refractivity contribution is 7.18. The Morgan fingerprint density at radius 3 is 2.79 bits per heavy atom. The van der Waals surface area contributed by atoms with Crippen LogP contribution >= 0.6 is 11.3 Å². The van der Waals surface area contributed by atoms with Crippen LogP contribution in [0.1, 0.15) is 16.6 Å². The Hall–Kier alpha value is -1.87. The Balaban J connectivity index is 2.67. The molecule has 1 unspecified atom stereocenters. The van der Waals surface area contributed by atoms with Gasteiger partial charge in [-0.2, -0.15) is 0 Å². The van der Waals surface area contributed by atoms with Crippen LogP contribution in [0.3, 0.4) is 0 Å². The number of ether oxygens (including phenoxy) is 1. The fourth-order valence-electron chi connectivity index (χ4n) is 1.16. The van der Waals surface area contributed by atoms with Gasteiger partial charge in [0.2, 0.25) is 5.91 Å². The third-order valence-corrected chi connectivity index (χ3v) is 3.24. The maximum atomic E-state index is 11.8. The van der Waals surface area contributed by atoms with Crippen molar-refractivity contribution < 1.29 is 14.3 Å². The molecule has 1 rings (SSSR count). The second kappa shape index (κ2) is 6.90. The fourth-order valence-corrected chi connectivity index (χ4v) is 1.98. The lowest BCUT2D eigenvalue weighted by atomic mass is 10.3. The fraction of sp³-hybridized carbons (Fsp3) is 0.500. The SMILES string of the molecule is COCCNc1nc(N)c(C(=O)NC(C)C(N)=O)s1. The van der Waals surface area contributed by atoms with Crippen molar-refractivity contribution in [1.82, 2.24) is 10.3 Å². The molecule has 0 radical (unpaired) electrons. The summed E-state index contributed by atoms with van der Waals surface area (Å²) in [6.07, 6.45) is 0. The molecule has 1 heterocycles. The Morgan fingerprint density at radius 2 is 2.21 bits per heavy atom.